The molecule has 0 radical (unpaired) electrons. The van der Waals surface area contributed by atoms with Crippen LogP contribution in [0.3, 0.4) is 0 Å². The normalized spacial score (nSPS) is 14.0. The number of para-hydroxylation sites is 1. The molecule has 0 unspecified atom stereocenters. The smallest absolute Gasteiger partial charge is 0.309 e. The summed E-state index contributed by atoms with van der Waals surface area (Å²) in [5, 5.41) is 0. The van der Waals surface area contributed by atoms with E-state index in [0.29, 0.717) is 49.7 Å². The molecule has 1 fully saturated rings. The summed E-state index contributed by atoms with van der Waals surface area (Å²) in [6.45, 7) is 5.20. The van der Waals surface area contributed by atoms with E-state index in [4.69, 9.17) is 9.72 Å². The lowest BCUT2D eigenvalue weighted by atomic mass is 9.96. The fraction of sp³-hybridized carbons (Fsp3) is 0.333. The van der Waals surface area contributed by atoms with E-state index < -0.39 is 0 Å². The number of hydrogen-bond donors (Lipinski definition) is 0. The lowest BCUT2D eigenvalue weighted by Gasteiger charge is -2.32. The lowest BCUT2D eigenvalue weighted by molar-refractivity contribution is -0.149. The fourth-order valence-corrected chi connectivity index (χ4v) is 4.23. The van der Waals surface area contributed by atoms with Crippen molar-refractivity contribution in [3.63, 3.8) is 0 Å². The molecule has 0 spiro atoms. The van der Waals surface area contributed by atoms with Gasteiger partial charge in [0.15, 0.2) is 5.82 Å². The number of likely N-dealkylation sites (tertiary alicyclic amines) is 1. The summed E-state index contributed by atoms with van der Waals surface area (Å²) in [6, 6.07) is 17.8. The predicted octanol–water partition coefficient (Wildman–Crippen LogP) is 4.64. The van der Waals surface area contributed by atoms with E-state index in [1.54, 1.807) is 11.1 Å². The van der Waals surface area contributed by atoms with Gasteiger partial charge >= 0.3 is 5.97 Å². The van der Waals surface area contributed by atoms with Crippen molar-refractivity contribution in [3.05, 3.63) is 71.9 Å². The van der Waals surface area contributed by atoms with E-state index in [1.165, 1.54) is 0 Å². The molecular weight excluding hydrogens is 428 g/mol. The number of rotatable bonds is 6. The number of nitrogens with zero attached hydrogens (tertiary/aromatic N) is 4. The molecule has 7 heteroatoms. The van der Waals surface area contributed by atoms with E-state index in [0.717, 1.165) is 16.8 Å². The van der Waals surface area contributed by atoms with Crippen molar-refractivity contribution in [1.82, 2.24) is 14.9 Å². The SMILES string of the molecule is CCOC(=O)C1CCN(C(=O)c2cnc(-c3cccc(C)c3)nc2N(C)c2ccccc2)CC1. The second-order valence-electron chi connectivity index (χ2n) is 8.51. The maximum atomic E-state index is 13.6. The summed E-state index contributed by atoms with van der Waals surface area (Å²) in [5.41, 5.74) is 3.38. The summed E-state index contributed by atoms with van der Waals surface area (Å²) < 4.78 is 5.16. The Morgan fingerprint density at radius 1 is 1.09 bits per heavy atom. The molecule has 2 heterocycles. The van der Waals surface area contributed by atoms with Crippen molar-refractivity contribution in [3.8, 4) is 11.4 Å². The second-order valence-corrected chi connectivity index (χ2v) is 8.51. The number of ether oxygens (including phenoxy) is 1. The third-order valence-electron chi connectivity index (χ3n) is 6.14. The van der Waals surface area contributed by atoms with Gasteiger partial charge in [0.05, 0.1) is 12.5 Å². The number of benzene rings is 2. The van der Waals surface area contributed by atoms with Gasteiger partial charge in [-0.05, 0) is 44.9 Å². The number of amides is 1. The Morgan fingerprint density at radius 3 is 2.50 bits per heavy atom. The Labute approximate surface area is 200 Å². The molecule has 2 aromatic carbocycles. The monoisotopic (exact) mass is 458 g/mol. The average Bonchev–Trinajstić information content (AvgIpc) is 2.88. The summed E-state index contributed by atoms with van der Waals surface area (Å²) in [4.78, 5) is 38.7. The zero-order chi connectivity index (χ0) is 24.1. The van der Waals surface area contributed by atoms with Gasteiger partial charge in [-0.1, -0.05) is 42.0 Å². The Bertz CT molecular complexity index is 1160. The molecule has 0 aliphatic carbocycles. The number of anilines is 2. The first-order valence-corrected chi connectivity index (χ1v) is 11.7. The highest BCUT2D eigenvalue weighted by Crippen LogP contribution is 2.29. The molecule has 1 aliphatic rings. The van der Waals surface area contributed by atoms with E-state index >= 15 is 0 Å². The van der Waals surface area contributed by atoms with Gasteiger partial charge in [0, 0.05) is 37.6 Å². The molecular formula is C27H30N4O3. The third kappa shape index (κ3) is 5.09. The Morgan fingerprint density at radius 2 is 1.82 bits per heavy atom. The van der Waals surface area contributed by atoms with Gasteiger partial charge in [-0.2, -0.15) is 0 Å². The second kappa shape index (κ2) is 10.5. The van der Waals surface area contributed by atoms with Crippen molar-refractivity contribution in [2.75, 3.05) is 31.6 Å². The van der Waals surface area contributed by atoms with Crippen LogP contribution in [0.1, 0.15) is 35.7 Å². The van der Waals surface area contributed by atoms with Gasteiger partial charge in [-0.25, -0.2) is 9.97 Å². The van der Waals surface area contributed by atoms with Gasteiger partial charge in [0.1, 0.15) is 11.4 Å². The van der Waals surface area contributed by atoms with E-state index in [1.807, 2.05) is 80.4 Å². The molecule has 1 amide bonds. The maximum absolute atomic E-state index is 13.6. The number of aryl methyl sites for hydroxylation is 1. The molecule has 0 bridgehead atoms. The predicted molar refractivity (Wildman–Crippen MR) is 132 cm³/mol. The minimum atomic E-state index is -0.176. The van der Waals surface area contributed by atoms with Crippen LogP contribution in [0.25, 0.3) is 11.4 Å². The van der Waals surface area contributed by atoms with Crippen molar-refractivity contribution in [2.45, 2.75) is 26.7 Å². The number of carbonyl (C=O) groups is 2. The van der Waals surface area contributed by atoms with Crippen LogP contribution in [0.4, 0.5) is 11.5 Å². The molecule has 176 valence electrons. The van der Waals surface area contributed by atoms with Gasteiger partial charge in [-0.3, -0.25) is 9.59 Å². The quantitative estimate of drug-likeness (QED) is 0.501. The highest BCUT2D eigenvalue weighted by Gasteiger charge is 2.30. The molecule has 0 atom stereocenters. The molecule has 0 saturated carbocycles. The lowest BCUT2D eigenvalue weighted by Crippen LogP contribution is -2.41. The Balaban J connectivity index is 1.65. The zero-order valence-corrected chi connectivity index (χ0v) is 19.9. The number of carbonyl (C=O) groups excluding carboxylic acids is 2. The number of hydrogen-bond acceptors (Lipinski definition) is 6. The van der Waals surface area contributed by atoms with E-state index in [9.17, 15) is 9.59 Å². The van der Waals surface area contributed by atoms with Crippen LogP contribution >= 0.6 is 0 Å². The molecule has 34 heavy (non-hydrogen) atoms. The van der Waals surface area contributed by atoms with Crippen molar-refractivity contribution in [2.24, 2.45) is 5.92 Å². The van der Waals surface area contributed by atoms with Gasteiger partial charge in [0.25, 0.3) is 5.91 Å². The van der Waals surface area contributed by atoms with Crippen LogP contribution < -0.4 is 4.90 Å². The summed E-state index contributed by atoms with van der Waals surface area (Å²) in [5.74, 6) is 0.658. The molecule has 1 aromatic heterocycles. The molecule has 1 saturated heterocycles. The molecule has 3 aromatic rings. The Kier molecular flexibility index (Phi) is 7.21. The number of aromatic nitrogens is 2. The highest BCUT2D eigenvalue weighted by atomic mass is 16.5. The summed E-state index contributed by atoms with van der Waals surface area (Å²) in [7, 11) is 1.90. The standard InChI is InChI=1S/C27H30N4O3/c1-4-34-27(33)20-13-15-31(16-14-20)26(32)23-18-28-24(21-10-8-9-19(2)17-21)29-25(23)30(3)22-11-6-5-7-12-22/h5-12,17-18,20H,4,13-16H2,1-3H3. The number of esters is 1. The minimum Gasteiger partial charge on any atom is -0.466 e. The molecule has 7 nitrogen and oxygen atoms in total. The highest BCUT2D eigenvalue weighted by molar-refractivity contribution is 5.99. The zero-order valence-electron chi connectivity index (χ0n) is 19.9. The largest absolute Gasteiger partial charge is 0.466 e. The first kappa shape index (κ1) is 23.4. The maximum Gasteiger partial charge on any atom is 0.309 e. The molecule has 0 N–H and O–H groups in total. The van der Waals surface area contributed by atoms with Crippen molar-refractivity contribution < 1.29 is 14.3 Å². The van der Waals surface area contributed by atoms with Crippen molar-refractivity contribution in [1.29, 1.82) is 0 Å². The van der Waals surface area contributed by atoms with Gasteiger partial charge in [-0.15, -0.1) is 0 Å². The summed E-state index contributed by atoms with van der Waals surface area (Å²) in [6.07, 6.45) is 2.81. The third-order valence-corrected chi connectivity index (χ3v) is 6.14. The van der Waals surface area contributed by atoms with Gasteiger partial charge in [0.2, 0.25) is 0 Å². The number of piperidine rings is 1. The van der Waals surface area contributed by atoms with Crippen LogP contribution in [0, 0.1) is 12.8 Å². The van der Waals surface area contributed by atoms with E-state index in [-0.39, 0.29) is 17.8 Å². The average molecular weight is 459 g/mol. The topological polar surface area (TPSA) is 75.6 Å². The minimum absolute atomic E-state index is 0.129. The molecule has 4 rings (SSSR count). The van der Waals surface area contributed by atoms with Crippen LogP contribution in [-0.4, -0.2) is 53.5 Å². The van der Waals surface area contributed by atoms with Crippen LogP contribution in [-0.2, 0) is 9.53 Å². The van der Waals surface area contributed by atoms with Crippen LogP contribution in [0.2, 0.25) is 0 Å². The van der Waals surface area contributed by atoms with Crippen molar-refractivity contribution >= 4 is 23.4 Å². The summed E-state index contributed by atoms with van der Waals surface area (Å²) >= 11 is 0. The fourth-order valence-electron chi connectivity index (χ4n) is 4.23. The first-order valence-electron chi connectivity index (χ1n) is 11.7. The van der Waals surface area contributed by atoms with Gasteiger partial charge < -0.3 is 14.5 Å². The Hall–Kier alpha value is -3.74. The van der Waals surface area contributed by atoms with E-state index in [2.05, 4.69) is 4.98 Å². The first-order chi connectivity index (χ1) is 16.5. The molecule has 1 aliphatic heterocycles. The van der Waals surface area contributed by atoms with Crippen LogP contribution in [0.5, 0.6) is 0 Å². The van der Waals surface area contributed by atoms with Crippen LogP contribution in [0.15, 0.2) is 60.8 Å².